The second-order valence-corrected chi connectivity index (χ2v) is 5.48. The first-order chi connectivity index (χ1) is 11.6. The minimum absolute atomic E-state index is 0.0345. The van der Waals surface area contributed by atoms with Crippen LogP contribution in [0.4, 0.5) is 5.69 Å². The molecule has 2 rings (SSSR count). The highest BCUT2D eigenvalue weighted by Gasteiger charge is 2.11. The van der Waals surface area contributed by atoms with E-state index in [1.54, 1.807) is 44.6 Å². The average Bonchev–Trinajstić information content (AvgIpc) is 2.59. The zero-order chi connectivity index (χ0) is 17.5. The minimum atomic E-state index is -0.468. The second-order valence-electron chi connectivity index (χ2n) is 4.62. The van der Waals surface area contributed by atoms with Crippen molar-refractivity contribution in [2.24, 2.45) is 5.16 Å². The number of para-hydroxylation sites is 1. The van der Waals surface area contributed by atoms with Gasteiger partial charge in [-0.25, -0.2) is 0 Å². The molecule has 0 aliphatic heterocycles. The van der Waals surface area contributed by atoms with Gasteiger partial charge in [-0.15, -0.1) is 0 Å². The summed E-state index contributed by atoms with van der Waals surface area (Å²) in [6.45, 7) is 0.129. The topological polar surface area (TPSA) is 83.2 Å². The summed E-state index contributed by atoms with van der Waals surface area (Å²) in [5, 5.41) is 14.7. The summed E-state index contributed by atoms with van der Waals surface area (Å²) >= 11 is 3.38. The van der Waals surface area contributed by atoms with Gasteiger partial charge in [0.2, 0.25) is 0 Å². The maximum atomic E-state index is 10.9. The van der Waals surface area contributed by atoms with Crippen LogP contribution >= 0.6 is 15.9 Å². The Morgan fingerprint density at radius 2 is 1.92 bits per heavy atom. The number of oxime groups is 1. The smallest absolute Gasteiger partial charge is 0.278 e. The lowest BCUT2D eigenvalue weighted by molar-refractivity contribution is -0.385. The third kappa shape index (κ3) is 4.23. The molecule has 0 atom stereocenters. The quantitative estimate of drug-likeness (QED) is 0.403. The van der Waals surface area contributed by atoms with E-state index in [0.717, 1.165) is 10.0 Å². The molecule has 2 aromatic carbocycles. The lowest BCUT2D eigenvalue weighted by Gasteiger charge is -2.11. The van der Waals surface area contributed by atoms with E-state index >= 15 is 0 Å². The van der Waals surface area contributed by atoms with Crippen LogP contribution in [-0.4, -0.2) is 25.4 Å². The van der Waals surface area contributed by atoms with Crippen LogP contribution in [-0.2, 0) is 11.4 Å². The van der Waals surface area contributed by atoms with Gasteiger partial charge in [-0.1, -0.05) is 17.3 Å². The van der Waals surface area contributed by atoms with Gasteiger partial charge in [0.15, 0.2) is 0 Å². The molecule has 0 aliphatic rings. The van der Waals surface area contributed by atoms with Gasteiger partial charge < -0.3 is 14.3 Å². The Hall–Kier alpha value is -2.61. The Kier molecular flexibility index (Phi) is 6.14. The van der Waals surface area contributed by atoms with Crippen LogP contribution in [0.5, 0.6) is 11.5 Å². The van der Waals surface area contributed by atoms with Gasteiger partial charge in [0, 0.05) is 11.6 Å². The van der Waals surface area contributed by atoms with Crippen LogP contribution in [0.15, 0.2) is 46.0 Å². The lowest BCUT2D eigenvalue weighted by Crippen LogP contribution is -1.97. The molecular weight excluding hydrogens is 380 g/mol. The Bertz CT molecular complexity index is 764. The lowest BCUT2D eigenvalue weighted by atomic mass is 10.2. The maximum absolute atomic E-state index is 10.9. The first-order valence-corrected chi connectivity index (χ1v) is 7.65. The molecule has 0 saturated carbocycles. The molecule has 8 heteroatoms. The molecule has 0 unspecified atom stereocenters. The van der Waals surface area contributed by atoms with Crippen molar-refractivity contribution in [3.63, 3.8) is 0 Å². The third-order valence-corrected chi connectivity index (χ3v) is 3.79. The van der Waals surface area contributed by atoms with Gasteiger partial charge in [0.1, 0.15) is 18.1 Å². The molecule has 0 radical (unpaired) electrons. The molecule has 0 aliphatic carbocycles. The number of benzene rings is 2. The first kappa shape index (κ1) is 17.7. The fraction of sp³-hybridized carbons (Fsp3) is 0.188. The number of methoxy groups -OCH3 is 2. The van der Waals surface area contributed by atoms with Crippen molar-refractivity contribution in [2.75, 3.05) is 14.2 Å². The van der Waals surface area contributed by atoms with Crippen molar-refractivity contribution in [1.29, 1.82) is 0 Å². The zero-order valence-corrected chi connectivity index (χ0v) is 14.6. The number of halogens is 1. The zero-order valence-electron chi connectivity index (χ0n) is 13.1. The van der Waals surface area contributed by atoms with Crippen molar-refractivity contribution in [3.8, 4) is 11.5 Å². The molecule has 0 N–H and O–H groups in total. The van der Waals surface area contributed by atoms with E-state index in [-0.39, 0.29) is 12.3 Å². The van der Waals surface area contributed by atoms with Crippen LogP contribution in [0, 0.1) is 10.1 Å². The van der Waals surface area contributed by atoms with E-state index in [9.17, 15) is 10.1 Å². The monoisotopic (exact) mass is 394 g/mol. The Labute approximate surface area is 147 Å². The van der Waals surface area contributed by atoms with E-state index in [1.165, 1.54) is 12.3 Å². The van der Waals surface area contributed by atoms with Gasteiger partial charge in [0.25, 0.3) is 5.69 Å². The molecule has 0 amide bonds. The van der Waals surface area contributed by atoms with Crippen molar-refractivity contribution in [2.45, 2.75) is 6.61 Å². The molecule has 0 bridgehead atoms. The summed E-state index contributed by atoms with van der Waals surface area (Å²) in [7, 11) is 3.11. The van der Waals surface area contributed by atoms with Crippen molar-refractivity contribution >= 4 is 27.8 Å². The van der Waals surface area contributed by atoms with Crippen molar-refractivity contribution in [3.05, 3.63) is 62.1 Å². The standard InChI is InChI=1S/C16H15BrN2O5/c1-22-15-8-13(17)16(23-2)7-12(15)10-24-18-9-11-5-3-4-6-14(11)19(20)21/h3-9H,10H2,1-2H3/b18-9+. The number of hydrogen-bond acceptors (Lipinski definition) is 6. The predicted octanol–water partition coefficient (Wildman–Crippen LogP) is 3.93. The predicted molar refractivity (Wildman–Crippen MR) is 92.7 cm³/mol. The molecule has 0 heterocycles. The van der Waals surface area contributed by atoms with Crippen LogP contribution in [0.1, 0.15) is 11.1 Å². The molecule has 7 nitrogen and oxygen atoms in total. The van der Waals surface area contributed by atoms with E-state index in [0.29, 0.717) is 17.1 Å². The molecule has 126 valence electrons. The number of ether oxygens (including phenoxy) is 2. The second kappa shape index (κ2) is 8.30. The maximum Gasteiger partial charge on any atom is 0.278 e. The largest absolute Gasteiger partial charge is 0.496 e. The molecule has 2 aromatic rings. The Morgan fingerprint density at radius 1 is 1.21 bits per heavy atom. The molecule has 0 fully saturated rings. The van der Waals surface area contributed by atoms with Crippen LogP contribution in [0.3, 0.4) is 0 Å². The number of nitrogens with zero attached hydrogens (tertiary/aromatic N) is 2. The summed E-state index contributed by atoms with van der Waals surface area (Å²) in [6, 6.07) is 9.82. The van der Waals surface area contributed by atoms with Crippen LogP contribution < -0.4 is 9.47 Å². The summed E-state index contributed by atoms with van der Waals surface area (Å²) in [5.74, 6) is 1.25. The van der Waals surface area contributed by atoms with Crippen molar-refractivity contribution < 1.29 is 19.2 Å². The summed E-state index contributed by atoms with van der Waals surface area (Å²) in [5.41, 5.74) is 1.06. The number of nitro benzene ring substituents is 1. The number of hydrogen-bond donors (Lipinski definition) is 0. The first-order valence-electron chi connectivity index (χ1n) is 6.86. The van der Waals surface area contributed by atoms with E-state index in [2.05, 4.69) is 21.1 Å². The SMILES string of the molecule is COc1cc(CO/N=C/c2ccccc2[N+](=O)[O-])c(OC)cc1Br. The highest BCUT2D eigenvalue weighted by molar-refractivity contribution is 9.10. The van der Waals surface area contributed by atoms with Crippen LogP contribution in [0.25, 0.3) is 0 Å². The number of nitro groups is 1. The fourth-order valence-corrected chi connectivity index (χ4v) is 2.48. The molecule has 0 saturated heterocycles. The van der Waals surface area contributed by atoms with Crippen LogP contribution in [0.2, 0.25) is 0 Å². The Balaban J connectivity index is 2.11. The Morgan fingerprint density at radius 3 is 2.58 bits per heavy atom. The average molecular weight is 395 g/mol. The number of rotatable bonds is 7. The van der Waals surface area contributed by atoms with E-state index in [1.807, 2.05) is 0 Å². The molecule has 24 heavy (non-hydrogen) atoms. The minimum Gasteiger partial charge on any atom is -0.496 e. The highest BCUT2D eigenvalue weighted by Crippen LogP contribution is 2.33. The molecule has 0 aromatic heterocycles. The normalized spacial score (nSPS) is 10.6. The molecular formula is C16H15BrN2O5. The molecule has 0 spiro atoms. The fourth-order valence-electron chi connectivity index (χ4n) is 2.00. The van der Waals surface area contributed by atoms with E-state index in [4.69, 9.17) is 14.3 Å². The van der Waals surface area contributed by atoms with Crippen molar-refractivity contribution in [1.82, 2.24) is 0 Å². The van der Waals surface area contributed by atoms with Gasteiger partial charge in [-0.05, 0) is 34.1 Å². The summed E-state index contributed by atoms with van der Waals surface area (Å²) in [6.07, 6.45) is 1.31. The summed E-state index contributed by atoms with van der Waals surface area (Å²) < 4.78 is 11.3. The van der Waals surface area contributed by atoms with Gasteiger partial charge >= 0.3 is 0 Å². The van der Waals surface area contributed by atoms with Gasteiger partial charge in [0.05, 0.1) is 35.4 Å². The van der Waals surface area contributed by atoms with E-state index < -0.39 is 4.92 Å². The third-order valence-electron chi connectivity index (χ3n) is 3.17. The van der Waals surface area contributed by atoms with Gasteiger partial charge in [-0.3, -0.25) is 10.1 Å². The van der Waals surface area contributed by atoms with Gasteiger partial charge in [-0.2, -0.15) is 0 Å². The highest BCUT2D eigenvalue weighted by atomic mass is 79.9. The summed E-state index contributed by atoms with van der Waals surface area (Å²) in [4.78, 5) is 15.7.